The molecule has 0 spiro atoms. The fraction of sp³-hybridized carbons (Fsp3) is 0.125. The topological polar surface area (TPSA) is 43.6 Å². The molecule has 0 fully saturated rings. The first-order valence-electron chi connectivity index (χ1n) is 3.64. The van der Waals surface area contributed by atoms with Crippen LogP contribution < -0.4 is 0 Å². The Morgan fingerprint density at radius 3 is 2.92 bits per heavy atom. The van der Waals surface area contributed by atoms with Crippen LogP contribution in [0.1, 0.15) is 5.69 Å². The van der Waals surface area contributed by atoms with Crippen LogP contribution in [0.4, 0.5) is 0 Å². The molecule has 4 nitrogen and oxygen atoms in total. The molecule has 2 aromatic heterocycles. The Bertz CT molecular complexity index is 366. The molecular weight excluding hydrogens is 152 g/mol. The van der Waals surface area contributed by atoms with Crippen molar-refractivity contribution in [3.63, 3.8) is 0 Å². The summed E-state index contributed by atoms with van der Waals surface area (Å²) in [4.78, 5) is 12.2. The predicted molar refractivity (Wildman–Crippen MR) is 43.9 cm³/mol. The number of imidazole rings is 1. The second-order valence-electron chi connectivity index (χ2n) is 2.47. The van der Waals surface area contributed by atoms with E-state index in [1.54, 1.807) is 23.3 Å². The van der Waals surface area contributed by atoms with Crippen LogP contribution in [-0.2, 0) is 0 Å². The van der Waals surface area contributed by atoms with Gasteiger partial charge in [0.05, 0.1) is 0 Å². The van der Waals surface area contributed by atoms with Crippen LogP contribution in [0, 0.1) is 6.92 Å². The van der Waals surface area contributed by atoms with Gasteiger partial charge < -0.3 is 0 Å². The van der Waals surface area contributed by atoms with Gasteiger partial charge in [0.15, 0.2) is 0 Å². The van der Waals surface area contributed by atoms with Crippen molar-refractivity contribution in [2.24, 2.45) is 0 Å². The van der Waals surface area contributed by atoms with Crippen LogP contribution in [0.25, 0.3) is 5.95 Å². The Balaban J connectivity index is 2.48. The van der Waals surface area contributed by atoms with Gasteiger partial charge in [-0.1, -0.05) is 0 Å². The van der Waals surface area contributed by atoms with E-state index in [1.807, 2.05) is 19.2 Å². The normalized spacial score (nSPS) is 10.1. The number of nitrogens with zero attached hydrogens (tertiary/aromatic N) is 4. The monoisotopic (exact) mass is 160 g/mol. The van der Waals surface area contributed by atoms with Crippen LogP contribution in [0.5, 0.6) is 0 Å². The van der Waals surface area contributed by atoms with Gasteiger partial charge in [-0.15, -0.1) is 0 Å². The van der Waals surface area contributed by atoms with Crippen LogP contribution in [0.2, 0.25) is 0 Å². The minimum absolute atomic E-state index is 0.660. The number of hydrogen-bond donors (Lipinski definition) is 0. The van der Waals surface area contributed by atoms with Crippen LogP contribution in [-0.4, -0.2) is 19.5 Å². The maximum atomic E-state index is 4.23. The molecule has 0 unspecified atom stereocenters. The summed E-state index contributed by atoms with van der Waals surface area (Å²) in [5, 5.41) is 0. The standard InChI is InChI=1S/C8H8N4/c1-7-2-3-10-8(11-7)12-5-4-9-6-12/h2-6H,1H3. The molecule has 0 bridgehead atoms. The Hall–Kier alpha value is -1.71. The minimum Gasteiger partial charge on any atom is -0.274 e. The third-order valence-electron chi connectivity index (χ3n) is 1.52. The van der Waals surface area contributed by atoms with Crippen LogP contribution in [0.15, 0.2) is 31.0 Å². The number of hydrogen-bond acceptors (Lipinski definition) is 3. The molecule has 0 radical (unpaired) electrons. The molecule has 2 rings (SSSR count). The lowest BCUT2D eigenvalue weighted by molar-refractivity contribution is 0.909. The van der Waals surface area contributed by atoms with Crippen molar-refractivity contribution in [1.82, 2.24) is 19.5 Å². The summed E-state index contributed by atoms with van der Waals surface area (Å²) in [7, 11) is 0. The molecule has 0 N–H and O–H groups in total. The van der Waals surface area contributed by atoms with Crippen LogP contribution >= 0.6 is 0 Å². The van der Waals surface area contributed by atoms with Gasteiger partial charge in [0.1, 0.15) is 6.33 Å². The fourth-order valence-electron chi connectivity index (χ4n) is 0.937. The summed E-state index contributed by atoms with van der Waals surface area (Å²) in [6.45, 7) is 1.93. The molecule has 0 aliphatic rings. The molecule has 0 atom stereocenters. The largest absolute Gasteiger partial charge is 0.274 e. The maximum Gasteiger partial charge on any atom is 0.235 e. The smallest absolute Gasteiger partial charge is 0.235 e. The Morgan fingerprint density at radius 2 is 2.25 bits per heavy atom. The molecule has 0 saturated heterocycles. The van der Waals surface area contributed by atoms with E-state index in [2.05, 4.69) is 15.0 Å². The van der Waals surface area contributed by atoms with Gasteiger partial charge in [-0.05, 0) is 13.0 Å². The molecular formula is C8H8N4. The van der Waals surface area contributed by atoms with E-state index in [4.69, 9.17) is 0 Å². The lowest BCUT2D eigenvalue weighted by atomic mass is 10.5. The average molecular weight is 160 g/mol. The zero-order valence-electron chi connectivity index (χ0n) is 6.68. The molecule has 0 amide bonds. The summed E-state index contributed by atoms with van der Waals surface area (Å²) < 4.78 is 1.77. The van der Waals surface area contributed by atoms with E-state index in [0.717, 1.165) is 5.69 Å². The summed E-state index contributed by atoms with van der Waals surface area (Å²) in [5.41, 5.74) is 0.953. The molecule has 4 heteroatoms. The summed E-state index contributed by atoms with van der Waals surface area (Å²) >= 11 is 0. The van der Waals surface area contributed by atoms with Crippen molar-refractivity contribution in [2.75, 3.05) is 0 Å². The van der Waals surface area contributed by atoms with Gasteiger partial charge in [-0.25, -0.2) is 15.0 Å². The average Bonchev–Trinajstić information content (AvgIpc) is 2.56. The highest BCUT2D eigenvalue weighted by atomic mass is 15.2. The second kappa shape index (κ2) is 2.73. The first-order valence-corrected chi connectivity index (χ1v) is 3.64. The van der Waals surface area contributed by atoms with Crippen molar-refractivity contribution in [3.05, 3.63) is 36.7 Å². The number of aromatic nitrogens is 4. The quantitative estimate of drug-likeness (QED) is 0.624. The zero-order chi connectivity index (χ0) is 8.39. The lowest BCUT2D eigenvalue weighted by Gasteiger charge is -1.98. The summed E-state index contributed by atoms with van der Waals surface area (Å²) in [5.74, 6) is 0.660. The summed E-state index contributed by atoms with van der Waals surface area (Å²) in [6.07, 6.45) is 6.92. The van der Waals surface area contributed by atoms with Gasteiger partial charge in [-0.2, -0.15) is 0 Å². The third-order valence-corrected chi connectivity index (χ3v) is 1.52. The highest BCUT2D eigenvalue weighted by Crippen LogP contribution is 1.99. The molecule has 60 valence electrons. The molecule has 0 aliphatic heterocycles. The lowest BCUT2D eigenvalue weighted by Crippen LogP contribution is -1.98. The number of aryl methyl sites for hydroxylation is 1. The van der Waals surface area contributed by atoms with Crippen molar-refractivity contribution in [3.8, 4) is 5.95 Å². The molecule has 0 aromatic carbocycles. The van der Waals surface area contributed by atoms with Crippen LogP contribution in [0.3, 0.4) is 0 Å². The van der Waals surface area contributed by atoms with E-state index in [1.165, 1.54) is 0 Å². The van der Waals surface area contributed by atoms with Gasteiger partial charge >= 0.3 is 0 Å². The first kappa shape index (κ1) is 6.97. The van der Waals surface area contributed by atoms with E-state index in [-0.39, 0.29) is 0 Å². The molecule has 12 heavy (non-hydrogen) atoms. The van der Waals surface area contributed by atoms with Gasteiger partial charge in [0, 0.05) is 24.3 Å². The van der Waals surface area contributed by atoms with Crippen molar-refractivity contribution < 1.29 is 0 Å². The fourth-order valence-corrected chi connectivity index (χ4v) is 0.937. The first-order chi connectivity index (χ1) is 5.86. The Labute approximate surface area is 69.9 Å². The minimum atomic E-state index is 0.660. The molecule has 2 heterocycles. The van der Waals surface area contributed by atoms with Crippen molar-refractivity contribution in [1.29, 1.82) is 0 Å². The highest BCUT2D eigenvalue weighted by Gasteiger charge is 1.96. The third kappa shape index (κ3) is 1.18. The molecule has 2 aromatic rings. The molecule has 0 aliphatic carbocycles. The van der Waals surface area contributed by atoms with Crippen molar-refractivity contribution >= 4 is 0 Å². The van der Waals surface area contributed by atoms with E-state index < -0.39 is 0 Å². The van der Waals surface area contributed by atoms with Crippen molar-refractivity contribution in [2.45, 2.75) is 6.92 Å². The highest BCUT2D eigenvalue weighted by molar-refractivity contribution is 5.12. The van der Waals surface area contributed by atoms with Gasteiger partial charge in [-0.3, -0.25) is 4.57 Å². The Kier molecular flexibility index (Phi) is 1.59. The second-order valence-corrected chi connectivity index (χ2v) is 2.47. The SMILES string of the molecule is Cc1ccnc(-n2ccnc2)n1. The maximum absolute atomic E-state index is 4.23. The predicted octanol–water partition coefficient (Wildman–Crippen LogP) is 0.971. The van der Waals surface area contributed by atoms with E-state index >= 15 is 0 Å². The summed E-state index contributed by atoms with van der Waals surface area (Å²) in [6, 6.07) is 1.86. The zero-order valence-corrected chi connectivity index (χ0v) is 6.68. The Morgan fingerprint density at radius 1 is 1.33 bits per heavy atom. The van der Waals surface area contributed by atoms with Gasteiger partial charge in [0.2, 0.25) is 5.95 Å². The van der Waals surface area contributed by atoms with E-state index in [9.17, 15) is 0 Å². The number of rotatable bonds is 1. The molecule has 0 saturated carbocycles. The van der Waals surface area contributed by atoms with Gasteiger partial charge in [0.25, 0.3) is 0 Å². The van der Waals surface area contributed by atoms with E-state index in [0.29, 0.717) is 5.95 Å².